The molecule has 90 valence electrons. The van der Waals surface area contributed by atoms with Crippen LogP contribution in [0.5, 0.6) is 0 Å². The largest absolute Gasteiger partial charge is 0.411 e. The first-order chi connectivity index (χ1) is 6.79. The number of halogens is 3. The third kappa shape index (κ3) is 5.34. The molecule has 1 saturated heterocycles. The van der Waals surface area contributed by atoms with E-state index < -0.39 is 12.8 Å². The minimum atomic E-state index is -4.27. The maximum absolute atomic E-state index is 11.8. The summed E-state index contributed by atoms with van der Waals surface area (Å²) in [6.45, 7) is 3.75. The van der Waals surface area contributed by atoms with Crippen LogP contribution in [0.2, 0.25) is 0 Å². The second-order valence-corrected chi connectivity index (χ2v) is 4.26. The smallest absolute Gasteiger partial charge is 0.369 e. The lowest BCUT2D eigenvalue weighted by Gasteiger charge is -2.36. The van der Waals surface area contributed by atoms with Crippen LogP contribution in [0, 0.1) is 0 Å². The molecule has 0 aromatic rings. The zero-order chi connectivity index (χ0) is 11.5. The minimum Gasteiger partial charge on any atom is -0.369 e. The van der Waals surface area contributed by atoms with Crippen molar-refractivity contribution in [3.63, 3.8) is 0 Å². The Labute approximate surface area is 86.9 Å². The van der Waals surface area contributed by atoms with E-state index in [1.807, 2.05) is 13.8 Å². The van der Waals surface area contributed by atoms with Crippen molar-refractivity contribution in [2.24, 2.45) is 0 Å². The Morgan fingerprint density at radius 3 is 2.67 bits per heavy atom. The molecular formula is C9H16F3NO2. The van der Waals surface area contributed by atoms with Gasteiger partial charge in [-0.3, -0.25) is 0 Å². The molecule has 0 saturated carbocycles. The predicted molar refractivity (Wildman–Crippen MR) is 48.7 cm³/mol. The van der Waals surface area contributed by atoms with Gasteiger partial charge in [0.1, 0.15) is 6.61 Å². The van der Waals surface area contributed by atoms with Crippen LogP contribution in [0.25, 0.3) is 0 Å². The molecule has 0 aliphatic carbocycles. The fraction of sp³-hybridized carbons (Fsp3) is 1.00. The summed E-state index contributed by atoms with van der Waals surface area (Å²) in [7, 11) is 0. The molecule has 0 aromatic carbocycles. The number of hydrogen-bond acceptors (Lipinski definition) is 3. The molecule has 1 unspecified atom stereocenters. The van der Waals surface area contributed by atoms with E-state index in [0.29, 0.717) is 13.1 Å². The Balaban J connectivity index is 2.22. The van der Waals surface area contributed by atoms with Gasteiger partial charge in [-0.1, -0.05) is 0 Å². The van der Waals surface area contributed by atoms with Gasteiger partial charge in [0.25, 0.3) is 0 Å². The van der Waals surface area contributed by atoms with Crippen molar-refractivity contribution in [1.29, 1.82) is 0 Å². The molecular weight excluding hydrogens is 211 g/mol. The van der Waals surface area contributed by atoms with Crippen molar-refractivity contribution in [1.82, 2.24) is 5.32 Å². The zero-order valence-electron chi connectivity index (χ0n) is 8.86. The number of rotatable bonds is 3. The van der Waals surface area contributed by atoms with Crippen LogP contribution in [0.3, 0.4) is 0 Å². The highest BCUT2D eigenvalue weighted by Crippen LogP contribution is 2.17. The molecule has 6 heteroatoms. The van der Waals surface area contributed by atoms with E-state index >= 15 is 0 Å². The molecule has 0 radical (unpaired) electrons. The van der Waals surface area contributed by atoms with Crippen LogP contribution in [-0.2, 0) is 9.47 Å². The summed E-state index contributed by atoms with van der Waals surface area (Å²) in [5.74, 6) is 0. The first-order valence-electron chi connectivity index (χ1n) is 4.81. The SMILES string of the molecule is CC1(C)CNCC(COCC(F)(F)F)O1. The first kappa shape index (κ1) is 12.7. The number of morpholine rings is 1. The third-order valence-electron chi connectivity index (χ3n) is 1.98. The first-order valence-corrected chi connectivity index (χ1v) is 4.81. The highest BCUT2D eigenvalue weighted by atomic mass is 19.4. The van der Waals surface area contributed by atoms with Gasteiger partial charge in [0.15, 0.2) is 0 Å². The maximum Gasteiger partial charge on any atom is 0.411 e. The van der Waals surface area contributed by atoms with Crippen molar-refractivity contribution in [2.75, 3.05) is 26.3 Å². The molecule has 0 bridgehead atoms. The molecule has 1 N–H and O–H groups in total. The van der Waals surface area contributed by atoms with Gasteiger partial charge in [-0.2, -0.15) is 13.2 Å². The second kappa shape index (κ2) is 4.67. The van der Waals surface area contributed by atoms with E-state index in [1.165, 1.54) is 0 Å². The summed E-state index contributed by atoms with van der Waals surface area (Å²) >= 11 is 0. The summed E-state index contributed by atoms with van der Waals surface area (Å²) in [5, 5.41) is 3.09. The lowest BCUT2D eigenvalue weighted by molar-refractivity contribution is -0.190. The molecule has 15 heavy (non-hydrogen) atoms. The van der Waals surface area contributed by atoms with Crippen LogP contribution in [0.1, 0.15) is 13.8 Å². The molecule has 0 aromatic heterocycles. The number of nitrogens with one attached hydrogen (secondary N) is 1. The van der Waals surface area contributed by atoms with Crippen molar-refractivity contribution >= 4 is 0 Å². The van der Waals surface area contributed by atoms with Gasteiger partial charge < -0.3 is 14.8 Å². The van der Waals surface area contributed by atoms with Crippen molar-refractivity contribution in [3.8, 4) is 0 Å². The lowest BCUT2D eigenvalue weighted by atomic mass is 10.1. The Hall–Kier alpha value is -0.330. The van der Waals surface area contributed by atoms with Gasteiger partial charge >= 0.3 is 6.18 Å². The van der Waals surface area contributed by atoms with Crippen LogP contribution >= 0.6 is 0 Å². The van der Waals surface area contributed by atoms with E-state index in [1.54, 1.807) is 0 Å². The average Bonchev–Trinajstić information content (AvgIpc) is 1.99. The highest BCUT2D eigenvalue weighted by molar-refractivity contribution is 4.81. The van der Waals surface area contributed by atoms with E-state index in [2.05, 4.69) is 10.1 Å². The topological polar surface area (TPSA) is 30.5 Å². The molecule has 0 spiro atoms. The number of hydrogen-bond donors (Lipinski definition) is 1. The molecule has 3 nitrogen and oxygen atoms in total. The Morgan fingerprint density at radius 2 is 2.13 bits per heavy atom. The predicted octanol–water partition coefficient (Wildman–Crippen LogP) is 1.33. The van der Waals surface area contributed by atoms with Crippen molar-refractivity contribution in [3.05, 3.63) is 0 Å². The molecule has 1 aliphatic rings. The molecule has 0 amide bonds. The summed E-state index contributed by atoms with van der Waals surface area (Å²) in [6, 6.07) is 0. The third-order valence-corrected chi connectivity index (χ3v) is 1.98. The van der Waals surface area contributed by atoms with E-state index in [9.17, 15) is 13.2 Å². The average molecular weight is 227 g/mol. The Morgan fingerprint density at radius 1 is 1.47 bits per heavy atom. The molecule has 1 heterocycles. The Kier molecular flexibility index (Phi) is 3.97. The van der Waals surface area contributed by atoms with Crippen molar-refractivity contribution < 1.29 is 22.6 Å². The van der Waals surface area contributed by atoms with Crippen LogP contribution in [0.15, 0.2) is 0 Å². The van der Waals surface area contributed by atoms with Crippen molar-refractivity contribution in [2.45, 2.75) is 31.7 Å². The summed E-state index contributed by atoms with van der Waals surface area (Å²) < 4.78 is 45.4. The summed E-state index contributed by atoms with van der Waals surface area (Å²) in [5.41, 5.74) is -0.343. The van der Waals surface area contributed by atoms with Gasteiger partial charge in [-0.25, -0.2) is 0 Å². The quantitative estimate of drug-likeness (QED) is 0.789. The zero-order valence-corrected chi connectivity index (χ0v) is 8.86. The van der Waals surface area contributed by atoms with Gasteiger partial charge in [-0.05, 0) is 13.8 Å². The van der Waals surface area contributed by atoms with Crippen LogP contribution < -0.4 is 5.32 Å². The van der Waals surface area contributed by atoms with Gasteiger partial charge in [-0.15, -0.1) is 0 Å². The van der Waals surface area contributed by atoms with Crippen LogP contribution in [-0.4, -0.2) is 44.2 Å². The fourth-order valence-electron chi connectivity index (χ4n) is 1.47. The number of ether oxygens (including phenoxy) is 2. The van der Waals surface area contributed by atoms with Gasteiger partial charge in [0, 0.05) is 13.1 Å². The standard InChI is InChI=1S/C9H16F3NO2/c1-8(2)5-13-3-7(15-8)4-14-6-9(10,11)12/h7,13H,3-6H2,1-2H3. The summed E-state index contributed by atoms with van der Waals surface area (Å²) in [4.78, 5) is 0. The maximum atomic E-state index is 11.8. The summed E-state index contributed by atoms with van der Waals surface area (Å²) in [6.07, 6.45) is -4.58. The van der Waals surface area contributed by atoms with Gasteiger partial charge in [0.2, 0.25) is 0 Å². The van der Waals surface area contributed by atoms with Gasteiger partial charge in [0.05, 0.1) is 18.3 Å². The number of alkyl halides is 3. The second-order valence-electron chi connectivity index (χ2n) is 4.26. The fourth-order valence-corrected chi connectivity index (χ4v) is 1.47. The van der Waals surface area contributed by atoms with Crippen LogP contribution in [0.4, 0.5) is 13.2 Å². The van der Waals surface area contributed by atoms with E-state index in [-0.39, 0.29) is 18.3 Å². The normalized spacial score (nSPS) is 26.6. The molecule has 1 aliphatic heterocycles. The highest BCUT2D eigenvalue weighted by Gasteiger charge is 2.31. The Bertz CT molecular complexity index is 206. The molecule has 1 atom stereocenters. The monoisotopic (exact) mass is 227 g/mol. The minimum absolute atomic E-state index is 0.0318. The van der Waals surface area contributed by atoms with E-state index in [4.69, 9.17) is 4.74 Å². The lowest BCUT2D eigenvalue weighted by Crippen LogP contribution is -2.52. The molecule has 1 fully saturated rings. The van der Waals surface area contributed by atoms with E-state index in [0.717, 1.165) is 0 Å². The molecule has 1 rings (SSSR count).